The normalized spacial score (nSPS) is 21.4. The first-order chi connectivity index (χ1) is 14.1. The highest BCUT2D eigenvalue weighted by atomic mass is 32.2. The van der Waals surface area contributed by atoms with Crippen LogP contribution in [0.2, 0.25) is 0 Å². The highest BCUT2D eigenvalue weighted by molar-refractivity contribution is 8.00. The van der Waals surface area contributed by atoms with Gasteiger partial charge in [-0.15, -0.1) is 11.8 Å². The third-order valence-electron chi connectivity index (χ3n) is 4.96. The molecule has 1 aromatic rings. The van der Waals surface area contributed by atoms with Gasteiger partial charge in [0.05, 0.1) is 23.5 Å². The number of thioether (sulfide) groups is 1. The summed E-state index contributed by atoms with van der Waals surface area (Å²) < 4.78 is 10.8. The number of likely N-dealkylation sites (tertiary alicyclic amines) is 1. The lowest BCUT2D eigenvalue weighted by molar-refractivity contribution is -0.385. The van der Waals surface area contributed by atoms with Crippen LogP contribution >= 0.6 is 11.8 Å². The molecule has 1 aliphatic carbocycles. The van der Waals surface area contributed by atoms with E-state index in [4.69, 9.17) is 9.47 Å². The number of esters is 1. The number of nitro benzene ring substituents is 1. The van der Waals surface area contributed by atoms with Crippen LogP contribution in [0.25, 0.3) is 0 Å². The fraction of sp³-hybridized carbons (Fsp3) is 0.619. The maximum atomic E-state index is 12.9. The Morgan fingerprint density at radius 1 is 1.27 bits per heavy atom. The van der Waals surface area contributed by atoms with Crippen molar-refractivity contribution in [2.75, 3.05) is 13.2 Å². The van der Waals surface area contributed by atoms with Gasteiger partial charge in [-0.3, -0.25) is 14.9 Å². The van der Waals surface area contributed by atoms with Crippen molar-refractivity contribution in [3.05, 3.63) is 33.9 Å². The van der Waals surface area contributed by atoms with E-state index < -0.39 is 34.5 Å². The zero-order chi connectivity index (χ0) is 22.1. The second-order valence-corrected chi connectivity index (χ2v) is 9.90. The van der Waals surface area contributed by atoms with Gasteiger partial charge in [-0.1, -0.05) is 0 Å². The average Bonchev–Trinajstić information content (AvgIpc) is 3.35. The highest BCUT2D eigenvalue weighted by Crippen LogP contribution is 2.47. The summed E-state index contributed by atoms with van der Waals surface area (Å²) in [5.74, 6) is -1.000. The molecule has 0 aromatic heterocycles. The lowest BCUT2D eigenvalue weighted by Crippen LogP contribution is -2.38. The number of hydrogen-bond acceptors (Lipinski definition) is 7. The molecule has 0 unspecified atom stereocenters. The molecular weight excluding hydrogens is 408 g/mol. The second-order valence-electron chi connectivity index (χ2n) is 8.56. The molecule has 2 atom stereocenters. The van der Waals surface area contributed by atoms with E-state index in [1.807, 2.05) is 0 Å². The summed E-state index contributed by atoms with van der Waals surface area (Å²) in [6, 6.07) is 4.02. The van der Waals surface area contributed by atoms with E-state index in [9.17, 15) is 19.7 Å². The minimum absolute atomic E-state index is 0.0659. The number of ether oxygens (including phenoxy) is 2. The lowest BCUT2D eigenvalue weighted by atomic mass is 9.93. The molecule has 9 heteroatoms. The molecule has 164 valence electrons. The molecule has 0 radical (unpaired) electrons. The molecule has 1 saturated carbocycles. The largest absolute Gasteiger partial charge is 0.466 e. The van der Waals surface area contributed by atoms with Crippen molar-refractivity contribution in [3.63, 3.8) is 0 Å². The first-order valence-electron chi connectivity index (χ1n) is 10.2. The minimum Gasteiger partial charge on any atom is -0.466 e. The molecule has 2 aliphatic rings. The van der Waals surface area contributed by atoms with Gasteiger partial charge in [-0.25, -0.2) is 4.79 Å². The number of carbonyl (C=O) groups excluding carboxylic acids is 2. The average molecular weight is 437 g/mol. The van der Waals surface area contributed by atoms with Crippen LogP contribution in [0.5, 0.6) is 0 Å². The second kappa shape index (κ2) is 8.83. The van der Waals surface area contributed by atoms with Gasteiger partial charge in [0, 0.05) is 28.8 Å². The third-order valence-corrected chi connectivity index (χ3v) is 6.39. The Kier molecular flexibility index (Phi) is 6.59. The van der Waals surface area contributed by atoms with Gasteiger partial charge in [-0.2, -0.15) is 0 Å². The van der Waals surface area contributed by atoms with Gasteiger partial charge >= 0.3 is 12.1 Å². The fourth-order valence-corrected chi connectivity index (χ4v) is 4.75. The Bertz CT molecular complexity index is 833. The number of benzene rings is 1. The first kappa shape index (κ1) is 22.4. The number of non-ortho nitro benzene ring substituents is 1. The number of rotatable bonds is 6. The molecule has 1 aromatic carbocycles. The van der Waals surface area contributed by atoms with Crippen LogP contribution in [-0.2, 0) is 14.3 Å². The van der Waals surface area contributed by atoms with E-state index in [0.717, 1.165) is 17.7 Å². The van der Waals surface area contributed by atoms with Crippen LogP contribution in [0.15, 0.2) is 23.1 Å². The standard InChI is InChI=1S/C21H28N2O6S/c1-5-28-19(24)15-10-11-22(20(25)29-21(2,3)4)18(15)16-12-13(23(26)27)6-9-17(16)30-14-7-8-14/h6,9,12,14-15,18H,5,7-8,10-11H2,1-4H3/t15-,18-/m1/s1. The topological polar surface area (TPSA) is 99.0 Å². The molecule has 1 aliphatic heterocycles. The maximum Gasteiger partial charge on any atom is 0.410 e. The Balaban J connectivity index is 2.04. The predicted molar refractivity (Wildman–Crippen MR) is 112 cm³/mol. The Morgan fingerprint density at radius 2 is 1.97 bits per heavy atom. The van der Waals surface area contributed by atoms with E-state index >= 15 is 0 Å². The van der Waals surface area contributed by atoms with Crippen molar-refractivity contribution in [1.82, 2.24) is 4.90 Å². The summed E-state index contributed by atoms with van der Waals surface area (Å²) in [7, 11) is 0. The molecule has 1 saturated heterocycles. The maximum absolute atomic E-state index is 12.9. The predicted octanol–water partition coefficient (Wildman–Crippen LogP) is 4.71. The summed E-state index contributed by atoms with van der Waals surface area (Å²) in [4.78, 5) is 39.0. The number of nitrogens with zero attached hydrogens (tertiary/aromatic N) is 2. The molecule has 0 spiro atoms. The Hall–Kier alpha value is -2.29. The highest BCUT2D eigenvalue weighted by Gasteiger charge is 2.46. The Morgan fingerprint density at radius 3 is 2.53 bits per heavy atom. The van der Waals surface area contributed by atoms with E-state index in [2.05, 4.69) is 0 Å². The molecule has 8 nitrogen and oxygen atoms in total. The van der Waals surface area contributed by atoms with Crippen molar-refractivity contribution < 1.29 is 24.0 Å². The van der Waals surface area contributed by atoms with Gasteiger partial charge in [0.25, 0.3) is 5.69 Å². The number of carbonyl (C=O) groups is 2. The fourth-order valence-electron chi connectivity index (χ4n) is 3.55. The monoisotopic (exact) mass is 436 g/mol. The van der Waals surface area contributed by atoms with Crippen LogP contribution in [0.1, 0.15) is 58.6 Å². The van der Waals surface area contributed by atoms with E-state index in [1.54, 1.807) is 45.5 Å². The SMILES string of the molecule is CCOC(=O)[C@@H]1CCN(C(=O)OC(C)(C)C)[C@H]1c1cc([N+](=O)[O-])ccc1SC1CC1. The van der Waals surface area contributed by atoms with Crippen molar-refractivity contribution in [3.8, 4) is 0 Å². The van der Waals surface area contributed by atoms with Crippen molar-refractivity contribution in [1.29, 1.82) is 0 Å². The van der Waals surface area contributed by atoms with Crippen LogP contribution in [0.3, 0.4) is 0 Å². The smallest absolute Gasteiger partial charge is 0.410 e. The van der Waals surface area contributed by atoms with Gasteiger partial charge in [0.15, 0.2) is 0 Å². The van der Waals surface area contributed by atoms with Gasteiger partial charge in [-0.05, 0) is 58.6 Å². The molecule has 0 bridgehead atoms. The van der Waals surface area contributed by atoms with E-state index in [0.29, 0.717) is 23.8 Å². The van der Waals surface area contributed by atoms with Gasteiger partial charge < -0.3 is 14.4 Å². The number of hydrogen-bond donors (Lipinski definition) is 0. The third kappa shape index (κ3) is 5.24. The van der Waals surface area contributed by atoms with Crippen molar-refractivity contribution >= 4 is 29.5 Å². The summed E-state index contributed by atoms with van der Waals surface area (Å²) in [6.45, 7) is 7.61. The quantitative estimate of drug-likeness (QED) is 0.362. The van der Waals surface area contributed by atoms with Gasteiger partial charge in [0.2, 0.25) is 0 Å². The summed E-state index contributed by atoms with van der Waals surface area (Å²) in [5, 5.41) is 11.9. The van der Waals surface area contributed by atoms with Crippen LogP contribution in [0, 0.1) is 16.0 Å². The van der Waals surface area contributed by atoms with Crippen molar-refractivity contribution in [2.45, 2.75) is 68.7 Å². The summed E-state index contributed by atoms with van der Waals surface area (Å²) in [5.41, 5.74) is -0.149. The van der Waals surface area contributed by atoms with E-state index in [1.165, 1.54) is 17.0 Å². The molecule has 0 N–H and O–H groups in total. The van der Waals surface area contributed by atoms with Crippen molar-refractivity contribution in [2.24, 2.45) is 5.92 Å². The molecule has 30 heavy (non-hydrogen) atoms. The minimum atomic E-state index is -0.697. The summed E-state index contributed by atoms with van der Waals surface area (Å²) in [6.07, 6.45) is 2.05. The molecular formula is C21H28N2O6S. The lowest BCUT2D eigenvalue weighted by Gasteiger charge is -2.31. The molecule has 3 rings (SSSR count). The van der Waals surface area contributed by atoms with Crippen LogP contribution in [-0.4, -0.2) is 45.9 Å². The zero-order valence-corrected chi connectivity index (χ0v) is 18.6. The summed E-state index contributed by atoms with van der Waals surface area (Å²) >= 11 is 1.64. The molecule has 2 fully saturated rings. The van der Waals surface area contributed by atoms with Gasteiger partial charge in [0.1, 0.15) is 5.60 Å². The van der Waals surface area contributed by atoms with Crippen LogP contribution in [0.4, 0.5) is 10.5 Å². The van der Waals surface area contributed by atoms with Crippen LogP contribution < -0.4 is 0 Å². The first-order valence-corrected chi connectivity index (χ1v) is 11.1. The number of nitro groups is 1. The number of amides is 1. The Labute approximate surface area is 180 Å². The molecule has 1 amide bonds. The zero-order valence-electron chi connectivity index (χ0n) is 17.8. The van der Waals surface area contributed by atoms with E-state index in [-0.39, 0.29) is 12.3 Å². The molecule has 1 heterocycles.